The first kappa shape index (κ1) is 13.6. The monoisotopic (exact) mass is 238 g/mol. The minimum Gasteiger partial charge on any atom is -0.325 e. The molecule has 0 radical (unpaired) electrons. The molecule has 0 saturated carbocycles. The molecule has 3 nitrogen and oxygen atoms in total. The van der Waals surface area contributed by atoms with Gasteiger partial charge in [0.1, 0.15) is 5.82 Å². The number of carbonyl (C=O) groups is 1. The van der Waals surface area contributed by atoms with Gasteiger partial charge in [0.05, 0.1) is 6.04 Å². The Hall–Kier alpha value is -1.42. The Morgan fingerprint density at radius 1 is 1.41 bits per heavy atom. The topological polar surface area (TPSA) is 41.1 Å². The van der Waals surface area contributed by atoms with E-state index in [-0.39, 0.29) is 17.8 Å². The van der Waals surface area contributed by atoms with Crippen LogP contribution in [0.3, 0.4) is 0 Å². The molecular weight excluding hydrogens is 219 g/mol. The van der Waals surface area contributed by atoms with Gasteiger partial charge in [-0.2, -0.15) is 0 Å². The van der Waals surface area contributed by atoms with Gasteiger partial charge in [-0.3, -0.25) is 4.79 Å². The minimum atomic E-state index is -0.354. The first-order valence-electron chi connectivity index (χ1n) is 5.76. The SMILES string of the molecule is CNC(CC(C)C)C(=O)Nc1cccc(F)c1. The zero-order chi connectivity index (χ0) is 12.8. The van der Waals surface area contributed by atoms with Crippen LogP contribution in [-0.2, 0) is 4.79 Å². The summed E-state index contributed by atoms with van der Waals surface area (Å²) in [7, 11) is 1.75. The summed E-state index contributed by atoms with van der Waals surface area (Å²) in [6.07, 6.45) is 0.748. The molecule has 0 aliphatic carbocycles. The van der Waals surface area contributed by atoms with E-state index in [9.17, 15) is 9.18 Å². The lowest BCUT2D eigenvalue weighted by atomic mass is 10.0. The van der Waals surface area contributed by atoms with Gasteiger partial charge in [-0.1, -0.05) is 19.9 Å². The smallest absolute Gasteiger partial charge is 0.241 e. The minimum absolute atomic E-state index is 0.133. The highest BCUT2D eigenvalue weighted by Crippen LogP contribution is 2.11. The van der Waals surface area contributed by atoms with Crippen LogP contribution in [0.4, 0.5) is 10.1 Å². The largest absolute Gasteiger partial charge is 0.325 e. The third-order valence-electron chi connectivity index (χ3n) is 2.46. The third-order valence-corrected chi connectivity index (χ3v) is 2.46. The van der Waals surface area contributed by atoms with E-state index in [0.717, 1.165) is 6.42 Å². The van der Waals surface area contributed by atoms with Crippen LogP contribution in [-0.4, -0.2) is 19.0 Å². The van der Waals surface area contributed by atoms with Gasteiger partial charge in [0.25, 0.3) is 0 Å². The molecule has 0 aromatic heterocycles. The van der Waals surface area contributed by atoms with Gasteiger partial charge >= 0.3 is 0 Å². The van der Waals surface area contributed by atoms with Crippen molar-refractivity contribution in [2.75, 3.05) is 12.4 Å². The van der Waals surface area contributed by atoms with E-state index in [1.54, 1.807) is 19.2 Å². The number of anilines is 1. The molecule has 1 aromatic carbocycles. The van der Waals surface area contributed by atoms with Crippen LogP contribution in [0.5, 0.6) is 0 Å². The Bertz CT molecular complexity index is 379. The van der Waals surface area contributed by atoms with Crippen molar-refractivity contribution < 1.29 is 9.18 Å². The van der Waals surface area contributed by atoms with Crippen LogP contribution >= 0.6 is 0 Å². The Morgan fingerprint density at radius 2 is 2.12 bits per heavy atom. The lowest BCUT2D eigenvalue weighted by Crippen LogP contribution is -2.39. The number of carbonyl (C=O) groups excluding carboxylic acids is 1. The number of amides is 1. The molecule has 0 spiro atoms. The van der Waals surface area contributed by atoms with E-state index in [2.05, 4.69) is 24.5 Å². The molecule has 1 rings (SSSR count). The molecule has 2 N–H and O–H groups in total. The first-order valence-corrected chi connectivity index (χ1v) is 5.76. The summed E-state index contributed by atoms with van der Waals surface area (Å²) < 4.78 is 12.9. The summed E-state index contributed by atoms with van der Waals surface area (Å²) in [5.41, 5.74) is 0.485. The Kier molecular flexibility index (Phi) is 5.10. The van der Waals surface area contributed by atoms with Gasteiger partial charge in [-0.15, -0.1) is 0 Å². The molecule has 0 aliphatic heterocycles. The molecule has 1 atom stereocenters. The Balaban J connectivity index is 2.64. The summed E-state index contributed by atoms with van der Waals surface area (Å²) in [6.45, 7) is 4.11. The number of nitrogens with one attached hydrogen (secondary N) is 2. The van der Waals surface area contributed by atoms with Crippen molar-refractivity contribution in [3.05, 3.63) is 30.1 Å². The zero-order valence-corrected chi connectivity index (χ0v) is 10.5. The van der Waals surface area contributed by atoms with Crippen molar-refractivity contribution in [3.8, 4) is 0 Å². The maximum Gasteiger partial charge on any atom is 0.241 e. The van der Waals surface area contributed by atoms with Crippen molar-refractivity contribution in [2.24, 2.45) is 5.92 Å². The second-order valence-electron chi connectivity index (χ2n) is 4.47. The Labute approximate surface area is 101 Å². The van der Waals surface area contributed by atoms with Crippen LogP contribution in [0, 0.1) is 11.7 Å². The molecule has 1 amide bonds. The molecule has 0 heterocycles. The van der Waals surface area contributed by atoms with Crippen molar-refractivity contribution in [3.63, 3.8) is 0 Å². The quantitative estimate of drug-likeness (QED) is 0.827. The zero-order valence-electron chi connectivity index (χ0n) is 10.5. The van der Waals surface area contributed by atoms with E-state index >= 15 is 0 Å². The normalized spacial score (nSPS) is 12.5. The van der Waals surface area contributed by atoms with E-state index in [1.807, 2.05) is 0 Å². The van der Waals surface area contributed by atoms with Crippen LogP contribution in [0.25, 0.3) is 0 Å². The maximum atomic E-state index is 12.9. The third kappa shape index (κ3) is 4.53. The number of hydrogen-bond acceptors (Lipinski definition) is 2. The van der Waals surface area contributed by atoms with E-state index < -0.39 is 0 Å². The van der Waals surface area contributed by atoms with Gasteiger partial charge in [0.15, 0.2) is 0 Å². The number of hydrogen-bond donors (Lipinski definition) is 2. The maximum absolute atomic E-state index is 12.9. The lowest BCUT2D eigenvalue weighted by molar-refractivity contribution is -0.118. The second-order valence-corrected chi connectivity index (χ2v) is 4.47. The highest BCUT2D eigenvalue weighted by atomic mass is 19.1. The van der Waals surface area contributed by atoms with Gasteiger partial charge in [0.2, 0.25) is 5.91 Å². The van der Waals surface area contributed by atoms with Crippen molar-refractivity contribution in [1.82, 2.24) is 5.32 Å². The molecule has 94 valence electrons. The summed E-state index contributed by atoms with van der Waals surface area (Å²) in [4.78, 5) is 11.9. The van der Waals surface area contributed by atoms with Gasteiger partial charge < -0.3 is 10.6 Å². The van der Waals surface area contributed by atoms with Crippen LogP contribution < -0.4 is 10.6 Å². The average molecular weight is 238 g/mol. The van der Waals surface area contributed by atoms with Crippen molar-refractivity contribution in [1.29, 1.82) is 0 Å². The highest BCUT2D eigenvalue weighted by Gasteiger charge is 2.17. The predicted octanol–water partition coefficient (Wildman–Crippen LogP) is 2.40. The van der Waals surface area contributed by atoms with E-state index in [1.165, 1.54) is 12.1 Å². The molecule has 0 fully saturated rings. The lowest BCUT2D eigenvalue weighted by Gasteiger charge is -2.17. The molecule has 17 heavy (non-hydrogen) atoms. The fourth-order valence-corrected chi connectivity index (χ4v) is 1.62. The second kappa shape index (κ2) is 6.35. The van der Waals surface area contributed by atoms with Gasteiger partial charge in [0, 0.05) is 5.69 Å². The summed E-state index contributed by atoms with van der Waals surface area (Å²) in [6, 6.07) is 5.64. The average Bonchev–Trinajstić information content (AvgIpc) is 2.25. The van der Waals surface area contributed by atoms with E-state index in [4.69, 9.17) is 0 Å². The van der Waals surface area contributed by atoms with Crippen molar-refractivity contribution >= 4 is 11.6 Å². The molecule has 0 aliphatic rings. The summed E-state index contributed by atoms with van der Waals surface area (Å²) >= 11 is 0. The molecule has 0 saturated heterocycles. The van der Waals surface area contributed by atoms with Crippen LogP contribution in [0.2, 0.25) is 0 Å². The Morgan fingerprint density at radius 3 is 2.65 bits per heavy atom. The molecule has 0 bridgehead atoms. The van der Waals surface area contributed by atoms with E-state index in [0.29, 0.717) is 11.6 Å². The predicted molar refractivity (Wildman–Crippen MR) is 67.3 cm³/mol. The molecule has 4 heteroatoms. The molecule has 1 unspecified atom stereocenters. The highest BCUT2D eigenvalue weighted by molar-refractivity contribution is 5.94. The number of rotatable bonds is 5. The van der Waals surface area contributed by atoms with Crippen LogP contribution in [0.15, 0.2) is 24.3 Å². The summed E-state index contributed by atoms with van der Waals surface area (Å²) in [5, 5.41) is 5.66. The first-order chi connectivity index (χ1) is 8.02. The van der Waals surface area contributed by atoms with Gasteiger partial charge in [-0.25, -0.2) is 4.39 Å². The number of halogens is 1. The van der Waals surface area contributed by atoms with Crippen molar-refractivity contribution in [2.45, 2.75) is 26.3 Å². The van der Waals surface area contributed by atoms with Gasteiger partial charge in [-0.05, 0) is 37.6 Å². The molecule has 1 aromatic rings. The molecular formula is C13H19FN2O. The standard InChI is InChI=1S/C13H19FN2O/c1-9(2)7-12(15-3)13(17)16-11-6-4-5-10(14)8-11/h4-6,8-9,12,15H,7H2,1-3H3,(H,16,17). The number of benzene rings is 1. The summed E-state index contributed by atoms with van der Waals surface area (Å²) in [5.74, 6) is -0.0647. The fraction of sp³-hybridized carbons (Fsp3) is 0.462. The van der Waals surface area contributed by atoms with Crippen LogP contribution in [0.1, 0.15) is 20.3 Å². The fourth-order valence-electron chi connectivity index (χ4n) is 1.62. The number of likely N-dealkylation sites (N-methyl/N-ethyl adjacent to an activating group) is 1.